The summed E-state index contributed by atoms with van der Waals surface area (Å²) in [4.78, 5) is 12.1. The molecule has 1 saturated heterocycles. The molecule has 1 heterocycles. The highest BCUT2D eigenvalue weighted by Gasteiger charge is 2.66. The summed E-state index contributed by atoms with van der Waals surface area (Å²) < 4.78 is 16.8. The van der Waals surface area contributed by atoms with Crippen LogP contribution in [0.25, 0.3) is 0 Å². The second-order valence-corrected chi connectivity index (χ2v) is 10.5. The van der Waals surface area contributed by atoms with Crippen LogP contribution < -0.4 is 0 Å². The van der Waals surface area contributed by atoms with Crippen LogP contribution in [0, 0.1) is 22.7 Å². The monoisotopic (exact) mass is 434 g/mol. The van der Waals surface area contributed by atoms with Gasteiger partial charge in [0.05, 0.1) is 18.8 Å². The molecule has 2 N–H and O–H groups in total. The van der Waals surface area contributed by atoms with E-state index < -0.39 is 18.5 Å². The van der Waals surface area contributed by atoms with E-state index in [0.29, 0.717) is 18.8 Å². The fraction of sp³-hybridized carbons (Fsp3) is 0.800. The van der Waals surface area contributed by atoms with E-state index in [-0.39, 0.29) is 35.9 Å². The van der Waals surface area contributed by atoms with Crippen molar-refractivity contribution in [3.63, 3.8) is 0 Å². The topological polar surface area (TPSA) is 85.2 Å². The molecule has 6 heteroatoms. The first kappa shape index (κ1) is 22.8. The van der Waals surface area contributed by atoms with Crippen LogP contribution in [-0.2, 0) is 14.2 Å². The van der Waals surface area contributed by atoms with Crippen LogP contribution in [0.3, 0.4) is 0 Å². The molecular weight excluding hydrogens is 396 g/mol. The molecule has 31 heavy (non-hydrogen) atoms. The Morgan fingerprint density at radius 3 is 2.58 bits per heavy atom. The van der Waals surface area contributed by atoms with Crippen LogP contribution >= 0.6 is 0 Å². The Morgan fingerprint density at radius 1 is 1.16 bits per heavy atom. The van der Waals surface area contributed by atoms with Gasteiger partial charge in [0.25, 0.3) is 0 Å². The molecule has 5 rings (SSSR count). The fourth-order valence-electron chi connectivity index (χ4n) is 7.60. The summed E-state index contributed by atoms with van der Waals surface area (Å²) in [6, 6.07) is 0. The van der Waals surface area contributed by atoms with Crippen LogP contribution in [0.2, 0.25) is 0 Å². The number of carbonyl (C=O) groups excluding carboxylic acids is 1. The lowest BCUT2D eigenvalue weighted by atomic mass is 9.50. The third-order valence-electron chi connectivity index (χ3n) is 9.31. The van der Waals surface area contributed by atoms with Crippen molar-refractivity contribution >= 4 is 6.16 Å². The second kappa shape index (κ2) is 7.60. The van der Waals surface area contributed by atoms with Crippen LogP contribution in [0.4, 0.5) is 4.79 Å². The van der Waals surface area contributed by atoms with Crippen LogP contribution in [0.5, 0.6) is 0 Å². The van der Waals surface area contributed by atoms with Crippen LogP contribution in [0.1, 0.15) is 72.6 Å². The number of allylic oxidation sites excluding steroid dienone is 1. The number of methoxy groups -OCH3 is 1. The van der Waals surface area contributed by atoms with Crippen LogP contribution in [0.15, 0.2) is 23.3 Å². The lowest BCUT2D eigenvalue weighted by Crippen LogP contribution is -2.54. The number of rotatable bonds is 1. The first-order chi connectivity index (χ1) is 14.2. The third kappa shape index (κ3) is 3.12. The van der Waals surface area contributed by atoms with Gasteiger partial charge in [-0.05, 0) is 56.9 Å². The molecule has 1 aliphatic heterocycles. The number of hydrogen-bond acceptors (Lipinski definition) is 6. The highest BCUT2D eigenvalue weighted by atomic mass is 16.7. The van der Waals surface area contributed by atoms with E-state index in [1.807, 2.05) is 0 Å². The number of ether oxygens (including phenoxy) is 3. The first-order valence-electron chi connectivity index (χ1n) is 11.4. The Morgan fingerprint density at radius 2 is 1.90 bits per heavy atom. The van der Waals surface area contributed by atoms with Gasteiger partial charge in [-0.2, -0.15) is 0 Å². The van der Waals surface area contributed by atoms with Gasteiger partial charge in [-0.3, -0.25) is 0 Å². The smallest absolute Gasteiger partial charge is 0.438 e. The molecule has 5 aliphatic rings. The molecule has 174 valence electrons. The van der Waals surface area contributed by atoms with Gasteiger partial charge < -0.3 is 24.4 Å². The molecule has 8 atom stereocenters. The van der Waals surface area contributed by atoms with Crippen molar-refractivity contribution in [2.45, 2.75) is 96.7 Å². The summed E-state index contributed by atoms with van der Waals surface area (Å²) in [5.41, 5.74) is 2.04. The summed E-state index contributed by atoms with van der Waals surface area (Å²) in [7, 11) is 1.34. The van der Waals surface area contributed by atoms with E-state index >= 15 is 0 Å². The van der Waals surface area contributed by atoms with Gasteiger partial charge in [0.1, 0.15) is 6.10 Å². The minimum Gasteiger partial charge on any atom is -0.438 e. The van der Waals surface area contributed by atoms with Gasteiger partial charge in [-0.1, -0.05) is 38.5 Å². The average molecular weight is 435 g/mol. The Kier molecular flexibility index (Phi) is 5.59. The number of fused-ring (bicyclic) bond motifs is 6. The van der Waals surface area contributed by atoms with Crippen molar-refractivity contribution in [3.8, 4) is 0 Å². The van der Waals surface area contributed by atoms with Gasteiger partial charge in [-0.25, -0.2) is 4.79 Å². The zero-order chi connectivity index (χ0) is 21.3. The Bertz CT molecular complexity index is 804. The average Bonchev–Trinajstić information content (AvgIpc) is 3.23. The first-order valence-corrected chi connectivity index (χ1v) is 11.4. The van der Waals surface area contributed by atoms with E-state index in [4.69, 9.17) is 14.2 Å². The molecule has 0 aromatic rings. The van der Waals surface area contributed by atoms with Gasteiger partial charge >= 0.3 is 6.16 Å². The van der Waals surface area contributed by atoms with E-state index in [1.54, 1.807) is 0 Å². The van der Waals surface area contributed by atoms with Gasteiger partial charge in [-0.15, -0.1) is 0 Å². The lowest BCUT2D eigenvalue weighted by molar-refractivity contribution is -0.183. The summed E-state index contributed by atoms with van der Waals surface area (Å²) in [6.07, 6.45) is 9.13. The largest absolute Gasteiger partial charge is 0.508 e. The molecule has 0 amide bonds. The number of hydrogen-bond donors (Lipinski definition) is 2. The van der Waals surface area contributed by atoms with E-state index in [0.717, 1.165) is 38.5 Å². The summed E-state index contributed by atoms with van der Waals surface area (Å²) in [6.45, 7) is 4.60. The quantitative estimate of drug-likeness (QED) is 0.467. The molecular formula is C25H38O6. The fourth-order valence-corrected chi connectivity index (χ4v) is 7.60. The predicted molar refractivity (Wildman–Crippen MR) is 116 cm³/mol. The normalized spacial score (nSPS) is 48.0. The zero-order valence-electron chi connectivity index (χ0n) is 18.2. The number of aliphatic hydroxyl groups excluding tert-OH is 2. The van der Waals surface area contributed by atoms with Crippen molar-refractivity contribution in [2.75, 3.05) is 7.11 Å². The van der Waals surface area contributed by atoms with Gasteiger partial charge in [0.15, 0.2) is 6.29 Å². The van der Waals surface area contributed by atoms with E-state index in [9.17, 15) is 15.0 Å². The number of aliphatic hydroxyl groups is 2. The van der Waals surface area contributed by atoms with Crippen molar-refractivity contribution < 1.29 is 29.2 Å². The molecule has 3 unspecified atom stereocenters. The minimum absolute atomic E-state index is 0. The molecule has 3 fully saturated rings. The van der Waals surface area contributed by atoms with Crippen molar-refractivity contribution in [1.82, 2.24) is 0 Å². The maximum atomic E-state index is 12.1. The second-order valence-electron chi connectivity index (χ2n) is 10.5. The Hall–Kier alpha value is -1.37. The molecule has 0 radical (unpaired) electrons. The maximum Gasteiger partial charge on any atom is 0.508 e. The third-order valence-corrected chi connectivity index (χ3v) is 9.31. The Labute approximate surface area is 185 Å². The van der Waals surface area contributed by atoms with Crippen molar-refractivity contribution in [2.24, 2.45) is 22.7 Å². The summed E-state index contributed by atoms with van der Waals surface area (Å²) in [5, 5.41) is 20.5. The Balaban J connectivity index is 0.00000231. The predicted octanol–water partition coefficient (Wildman–Crippen LogP) is 4.50. The molecule has 0 aromatic heterocycles. The number of carbonyl (C=O) groups is 1. The SMILES string of the molecule is C.COC(=O)O[C@@H]1C=C2C[C@@H](O)CC[C@]2(C)C2=CC[C@@]3(C)C(CCC34CCC(O)O4)[C@@H]21. The van der Waals surface area contributed by atoms with E-state index in [1.165, 1.54) is 18.3 Å². The minimum atomic E-state index is -0.678. The summed E-state index contributed by atoms with van der Waals surface area (Å²) >= 11 is 0. The zero-order valence-corrected chi connectivity index (χ0v) is 18.2. The molecule has 6 nitrogen and oxygen atoms in total. The maximum absolute atomic E-state index is 12.1. The van der Waals surface area contributed by atoms with E-state index in [2.05, 4.69) is 26.0 Å². The highest BCUT2D eigenvalue weighted by Crippen LogP contribution is 2.68. The molecule has 4 aliphatic carbocycles. The molecule has 1 spiro atoms. The van der Waals surface area contributed by atoms with Gasteiger partial charge in [0.2, 0.25) is 0 Å². The standard InChI is InChI=1S/C24H34O6.CH4/c1-22-8-4-15(25)12-14(22)13-18(29-21(27)28-3)20-16(22)5-9-23(2)17(20)6-10-24(23)11-7-19(26)30-24;/h5,13,15,17-20,25-26H,4,6-12H2,1-3H3;1H4/t15-,17?,18+,19?,20+,22-,23-,24?;/m0./s1. The van der Waals surface area contributed by atoms with Crippen molar-refractivity contribution in [1.29, 1.82) is 0 Å². The van der Waals surface area contributed by atoms with Gasteiger partial charge in [0, 0.05) is 23.2 Å². The lowest BCUT2D eigenvalue weighted by Gasteiger charge is -2.56. The van der Waals surface area contributed by atoms with Crippen molar-refractivity contribution in [3.05, 3.63) is 23.3 Å². The summed E-state index contributed by atoms with van der Waals surface area (Å²) in [5.74, 6) is 0.381. The van der Waals surface area contributed by atoms with Crippen LogP contribution in [-0.4, -0.2) is 47.6 Å². The molecule has 0 bridgehead atoms. The molecule has 0 aromatic carbocycles. The highest BCUT2D eigenvalue weighted by molar-refractivity contribution is 5.60. The molecule has 2 saturated carbocycles.